The van der Waals surface area contributed by atoms with Gasteiger partial charge < -0.3 is 16.0 Å². The Kier molecular flexibility index (Phi) is 11.1. The van der Waals surface area contributed by atoms with Crippen molar-refractivity contribution in [3.05, 3.63) is 86.1 Å². The zero-order valence-corrected chi connectivity index (χ0v) is 24.5. The molecule has 222 valence electrons. The molecule has 3 aromatic heterocycles. The zero-order chi connectivity index (χ0) is 31.0. The highest BCUT2D eigenvalue weighted by atomic mass is 35.5. The molecule has 3 rings (SSSR count). The van der Waals surface area contributed by atoms with E-state index in [-0.39, 0.29) is 32.8 Å². The van der Waals surface area contributed by atoms with E-state index in [0.717, 1.165) is 17.5 Å². The topological polar surface area (TPSA) is 121 Å². The van der Waals surface area contributed by atoms with Crippen LogP contribution < -0.4 is 16.0 Å². The molecule has 1 atom stereocenters. The molecular weight excluding hydrogens is 621 g/mol. The van der Waals surface area contributed by atoms with Gasteiger partial charge in [0.15, 0.2) is 0 Å². The lowest BCUT2D eigenvalue weighted by atomic mass is 10.2. The van der Waals surface area contributed by atoms with Crippen molar-refractivity contribution in [2.75, 3.05) is 10.6 Å². The number of halogens is 6. The minimum atomic E-state index is -4.73. The lowest BCUT2D eigenvalue weighted by Crippen LogP contribution is -2.29. The summed E-state index contributed by atoms with van der Waals surface area (Å²) in [5, 5.41) is 7.35. The van der Waals surface area contributed by atoms with E-state index in [1.54, 1.807) is 13.0 Å². The molecule has 3 N–H and O–H groups in total. The SMILES string of the molecule is CC/C=C/N=C(Nc1cccnc1F)\C(Cl)=C(/C)C(=O)NC(C)c1ncc(C(=O)Nc2cc(C(F)(F)F)c(Cl)cn2)s1. The maximum Gasteiger partial charge on any atom is 0.418 e. The number of anilines is 2. The highest BCUT2D eigenvalue weighted by molar-refractivity contribution is 7.13. The first-order valence-corrected chi connectivity index (χ1v) is 13.7. The first-order valence-electron chi connectivity index (χ1n) is 12.1. The number of hydrogen-bond donors (Lipinski definition) is 3. The predicted octanol–water partition coefficient (Wildman–Crippen LogP) is 7.12. The number of carbonyl (C=O) groups excluding carboxylic acids is 2. The summed E-state index contributed by atoms with van der Waals surface area (Å²) in [5.74, 6) is -2.49. The largest absolute Gasteiger partial charge is 0.418 e. The van der Waals surface area contributed by atoms with E-state index >= 15 is 0 Å². The Morgan fingerprint density at radius 2 is 1.93 bits per heavy atom. The van der Waals surface area contributed by atoms with Crippen molar-refractivity contribution in [2.24, 2.45) is 4.99 Å². The number of allylic oxidation sites excluding steroid dienone is 1. The van der Waals surface area contributed by atoms with Crippen LogP contribution in [0.2, 0.25) is 5.02 Å². The van der Waals surface area contributed by atoms with Crippen LogP contribution in [0.1, 0.15) is 53.5 Å². The van der Waals surface area contributed by atoms with Crippen LogP contribution in [0.15, 0.2) is 64.7 Å². The van der Waals surface area contributed by atoms with Gasteiger partial charge in [0.2, 0.25) is 11.9 Å². The van der Waals surface area contributed by atoms with Gasteiger partial charge in [0.05, 0.1) is 33.5 Å². The Morgan fingerprint density at radius 3 is 2.60 bits per heavy atom. The third kappa shape index (κ3) is 8.57. The third-order valence-electron chi connectivity index (χ3n) is 5.30. The molecule has 42 heavy (non-hydrogen) atoms. The van der Waals surface area contributed by atoms with Crippen molar-refractivity contribution in [1.29, 1.82) is 0 Å². The van der Waals surface area contributed by atoms with Crippen molar-refractivity contribution in [1.82, 2.24) is 20.3 Å². The highest BCUT2D eigenvalue weighted by Crippen LogP contribution is 2.35. The lowest BCUT2D eigenvalue weighted by Gasteiger charge is -2.14. The molecule has 0 bridgehead atoms. The van der Waals surface area contributed by atoms with Crippen LogP contribution in [0.3, 0.4) is 0 Å². The summed E-state index contributed by atoms with van der Waals surface area (Å²) in [7, 11) is 0. The van der Waals surface area contributed by atoms with E-state index in [1.807, 2.05) is 6.92 Å². The normalized spacial score (nSPS) is 13.5. The summed E-state index contributed by atoms with van der Waals surface area (Å²) in [5.41, 5.74) is -1.10. The minimum Gasteiger partial charge on any atom is -0.343 e. The molecule has 9 nitrogen and oxygen atoms in total. The highest BCUT2D eigenvalue weighted by Gasteiger charge is 2.34. The number of rotatable bonds is 9. The van der Waals surface area contributed by atoms with Gasteiger partial charge >= 0.3 is 6.18 Å². The van der Waals surface area contributed by atoms with Crippen LogP contribution in [0, 0.1) is 5.95 Å². The molecule has 0 saturated heterocycles. The summed E-state index contributed by atoms with van der Waals surface area (Å²) in [6, 6.07) is 2.87. The molecule has 16 heteroatoms. The Bertz CT molecular complexity index is 1560. The summed E-state index contributed by atoms with van der Waals surface area (Å²) in [6.45, 7) is 4.95. The van der Waals surface area contributed by atoms with Gasteiger partial charge in [0.1, 0.15) is 21.5 Å². The lowest BCUT2D eigenvalue weighted by molar-refractivity contribution is -0.137. The average Bonchev–Trinajstić information content (AvgIpc) is 3.44. The fourth-order valence-corrected chi connectivity index (χ4v) is 4.33. The molecule has 0 spiro atoms. The summed E-state index contributed by atoms with van der Waals surface area (Å²) in [4.78, 5) is 41.3. The molecule has 3 aromatic rings. The van der Waals surface area contributed by atoms with Gasteiger partial charge in [-0.05, 0) is 38.5 Å². The molecule has 0 saturated carbocycles. The zero-order valence-electron chi connectivity index (χ0n) is 22.2. The molecule has 0 aliphatic heterocycles. The number of aliphatic imine (C=N–C) groups is 1. The molecule has 0 fully saturated rings. The predicted molar refractivity (Wildman–Crippen MR) is 154 cm³/mol. The smallest absolute Gasteiger partial charge is 0.343 e. The van der Waals surface area contributed by atoms with Gasteiger partial charge in [0.25, 0.3) is 5.91 Å². The summed E-state index contributed by atoms with van der Waals surface area (Å²) in [6.07, 6.45) is 2.41. The van der Waals surface area contributed by atoms with Crippen LogP contribution >= 0.6 is 34.5 Å². The van der Waals surface area contributed by atoms with Gasteiger partial charge in [0, 0.05) is 24.2 Å². The number of amides is 2. The van der Waals surface area contributed by atoms with E-state index in [2.05, 4.69) is 35.9 Å². The Labute approximate surface area is 251 Å². The van der Waals surface area contributed by atoms with Crippen molar-refractivity contribution in [3.63, 3.8) is 0 Å². The molecule has 0 aromatic carbocycles. The van der Waals surface area contributed by atoms with E-state index in [4.69, 9.17) is 23.2 Å². The maximum absolute atomic E-state index is 14.1. The van der Waals surface area contributed by atoms with E-state index < -0.39 is 40.6 Å². The number of nitrogens with one attached hydrogen (secondary N) is 3. The Morgan fingerprint density at radius 1 is 1.19 bits per heavy atom. The quantitative estimate of drug-likeness (QED) is 0.0750. The van der Waals surface area contributed by atoms with Gasteiger partial charge in [-0.3, -0.25) is 9.59 Å². The van der Waals surface area contributed by atoms with Gasteiger partial charge in [-0.25, -0.2) is 19.9 Å². The van der Waals surface area contributed by atoms with Crippen LogP contribution in [-0.4, -0.2) is 32.6 Å². The second kappa shape index (κ2) is 14.3. The van der Waals surface area contributed by atoms with Gasteiger partial charge in [-0.2, -0.15) is 17.6 Å². The number of alkyl halides is 3. The standard InChI is InChI=1S/C26H23Cl2F4N7O2S/c1-4-5-8-34-22(38-17-7-6-9-33-21(17)29)20(28)13(2)23(40)37-14(3)25-36-12-18(42-25)24(41)39-19-10-15(26(30,31)32)16(27)11-35-19/h5-12,14H,4H2,1-3H3,(H,34,38)(H,37,40)(H,35,39,41)/b8-5+,20-13-. The Hall–Kier alpha value is -3.88. The minimum absolute atomic E-state index is 0.00195. The average molecular weight is 644 g/mol. The van der Waals surface area contributed by atoms with Gasteiger partial charge in [-0.1, -0.05) is 36.2 Å². The number of amidine groups is 1. The van der Waals surface area contributed by atoms with Crippen molar-refractivity contribution in [2.45, 2.75) is 39.4 Å². The number of aromatic nitrogens is 3. The second-order valence-electron chi connectivity index (χ2n) is 8.44. The van der Waals surface area contributed by atoms with Crippen LogP contribution in [0.4, 0.5) is 29.1 Å². The van der Waals surface area contributed by atoms with Crippen LogP contribution in [0.25, 0.3) is 0 Å². The molecule has 3 heterocycles. The van der Waals surface area contributed by atoms with Crippen molar-refractivity contribution >= 4 is 63.7 Å². The van der Waals surface area contributed by atoms with Gasteiger partial charge in [-0.15, -0.1) is 11.3 Å². The van der Waals surface area contributed by atoms with E-state index in [1.165, 1.54) is 37.7 Å². The van der Waals surface area contributed by atoms with Crippen LogP contribution in [0.5, 0.6) is 0 Å². The molecule has 0 aliphatic rings. The Balaban J connectivity index is 1.74. The fourth-order valence-electron chi connectivity index (χ4n) is 3.12. The maximum atomic E-state index is 14.1. The molecule has 0 aliphatic carbocycles. The van der Waals surface area contributed by atoms with Crippen molar-refractivity contribution in [3.8, 4) is 0 Å². The molecule has 1 unspecified atom stereocenters. The fraction of sp³-hybridized carbons (Fsp3) is 0.231. The number of thiazole rings is 1. The molecule has 2 amide bonds. The van der Waals surface area contributed by atoms with E-state index in [0.29, 0.717) is 17.5 Å². The van der Waals surface area contributed by atoms with Crippen molar-refractivity contribution < 1.29 is 27.2 Å². The summed E-state index contributed by atoms with van der Waals surface area (Å²) < 4.78 is 53.4. The molecular formula is C26H23Cl2F4N7O2S. The number of hydrogen-bond acceptors (Lipinski definition) is 7. The third-order valence-corrected chi connectivity index (χ3v) is 7.24. The number of carbonyl (C=O) groups is 2. The monoisotopic (exact) mass is 643 g/mol. The van der Waals surface area contributed by atoms with Crippen LogP contribution in [-0.2, 0) is 11.0 Å². The first-order chi connectivity index (χ1) is 19.8. The summed E-state index contributed by atoms with van der Waals surface area (Å²) >= 11 is 12.9. The van der Waals surface area contributed by atoms with E-state index in [9.17, 15) is 27.2 Å². The number of nitrogens with zero attached hydrogens (tertiary/aromatic N) is 4. The first kappa shape index (κ1) is 32.6. The number of pyridine rings is 2. The second-order valence-corrected chi connectivity index (χ2v) is 10.3. The molecule has 0 radical (unpaired) electrons.